The van der Waals surface area contributed by atoms with Crippen LogP contribution in [0.2, 0.25) is 0 Å². The lowest BCUT2D eigenvalue weighted by Crippen LogP contribution is -2.14. The monoisotopic (exact) mass is 253 g/mol. The van der Waals surface area contributed by atoms with Gasteiger partial charge in [-0.25, -0.2) is 14.5 Å². The Bertz CT molecular complexity index is 763. The summed E-state index contributed by atoms with van der Waals surface area (Å²) in [5, 5.41) is 4.18. The van der Waals surface area contributed by atoms with Gasteiger partial charge < -0.3 is 5.73 Å². The zero-order chi connectivity index (χ0) is 13.4. The zero-order valence-corrected chi connectivity index (χ0v) is 10.2. The van der Waals surface area contributed by atoms with Crippen LogP contribution in [0.3, 0.4) is 0 Å². The number of primary amides is 1. The Kier molecular flexibility index (Phi) is 2.49. The van der Waals surface area contributed by atoms with E-state index in [2.05, 4.69) is 15.1 Å². The molecule has 0 fully saturated rings. The maximum atomic E-state index is 11.3. The van der Waals surface area contributed by atoms with E-state index in [0.29, 0.717) is 5.56 Å². The van der Waals surface area contributed by atoms with E-state index in [0.717, 1.165) is 22.2 Å². The first-order valence-corrected chi connectivity index (χ1v) is 5.70. The molecule has 0 bridgehead atoms. The lowest BCUT2D eigenvalue weighted by atomic mass is 10.1. The molecule has 0 radical (unpaired) electrons. The average molecular weight is 253 g/mol. The number of nitrogens with zero attached hydrogens (tertiary/aromatic N) is 4. The third-order valence-corrected chi connectivity index (χ3v) is 3.06. The number of aromatic nitrogens is 4. The SMILES string of the molecule is Cc1c(C(N)=O)cnn2cc(-c3cncnc3)cc12. The van der Waals surface area contributed by atoms with Crippen molar-refractivity contribution in [1.29, 1.82) is 0 Å². The summed E-state index contributed by atoms with van der Waals surface area (Å²) in [5.74, 6) is -0.474. The second kappa shape index (κ2) is 4.16. The van der Waals surface area contributed by atoms with Crippen molar-refractivity contribution in [2.75, 3.05) is 0 Å². The highest BCUT2D eigenvalue weighted by molar-refractivity contribution is 5.96. The molecule has 3 aromatic rings. The number of amides is 1. The van der Waals surface area contributed by atoms with E-state index in [1.54, 1.807) is 16.9 Å². The normalized spacial score (nSPS) is 10.8. The number of fused-ring (bicyclic) bond motifs is 1. The summed E-state index contributed by atoms with van der Waals surface area (Å²) in [6.07, 6.45) is 8.29. The van der Waals surface area contributed by atoms with Crippen molar-refractivity contribution in [3.63, 3.8) is 0 Å². The lowest BCUT2D eigenvalue weighted by Gasteiger charge is -2.02. The van der Waals surface area contributed by atoms with Crippen LogP contribution in [-0.4, -0.2) is 25.5 Å². The Morgan fingerprint density at radius 1 is 1.21 bits per heavy atom. The van der Waals surface area contributed by atoms with Crippen LogP contribution in [-0.2, 0) is 0 Å². The Balaban J connectivity index is 2.22. The first-order chi connectivity index (χ1) is 9.16. The van der Waals surface area contributed by atoms with Crippen molar-refractivity contribution in [1.82, 2.24) is 19.6 Å². The summed E-state index contributed by atoms with van der Waals surface area (Å²) in [6, 6.07) is 1.94. The topological polar surface area (TPSA) is 86.2 Å². The number of carbonyl (C=O) groups is 1. The van der Waals surface area contributed by atoms with Gasteiger partial charge in [-0.1, -0.05) is 0 Å². The van der Waals surface area contributed by atoms with Crippen LogP contribution < -0.4 is 5.73 Å². The molecule has 0 aliphatic rings. The molecule has 2 N–H and O–H groups in total. The van der Waals surface area contributed by atoms with Crippen LogP contribution in [0.1, 0.15) is 15.9 Å². The van der Waals surface area contributed by atoms with Crippen molar-refractivity contribution >= 4 is 11.4 Å². The van der Waals surface area contributed by atoms with E-state index < -0.39 is 5.91 Å². The first kappa shape index (κ1) is 11.3. The molecule has 0 saturated heterocycles. The van der Waals surface area contributed by atoms with Crippen molar-refractivity contribution < 1.29 is 4.79 Å². The second-order valence-electron chi connectivity index (χ2n) is 4.23. The van der Waals surface area contributed by atoms with E-state index in [-0.39, 0.29) is 0 Å². The fraction of sp³-hybridized carbons (Fsp3) is 0.0769. The molecule has 0 aromatic carbocycles. The van der Waals surface area contributed by atoms with Crippen LogP contribution in [0.5, 0.6) is 0 Å². The van der Waals surface area contributed by atoms with Gasteiger partial charge in [0.2, 0.25) is 0 Å². The molecule has 3 heterocycles. The molecule has 94 valence electrons. The van der Waals surface area contributed by atoms with Gasteiger partial charge in [0.15, 0.2) is 0 Å². The highest BCUT2D eigenvalue weighted by Gasteiger charge is 2.11. The molecule has 0 unspecified atom stereocenters. The number of aryl methyl sites for hydroxylation is 1. The van der Waals surface area contributed by atoms with Crippen LogP contribution in [0.4, 0.5) is 0 Å². The minimum Gasteiger partial charge on any atom is -0.366 e. The van der Waals surface area contributed by atoms with Gasteiger partial charge in [0, 0.05) is 29.7 Å². The average Bonchev–Trinajstić information content (AvgIpc) is 2.85. The molecule has 3 aromatic heterocycles. The van der Waals surface area contributed by atoms with Gasteiger partial charge in [-0.05, 0) is 18.6 Å². The standard InChI is InChI=1S/C13H11N5O/c1-8-11(13(14)19)5-17-18-6-9(2-12(8)18)10-3-15-7-16-4-10/h2-7H,1H3,(H2,14,19). The third-order valence-electron chi connectivity index (χ3n) is 3.06. The Hall–Kier alpha value is -2.76. The molecule has 0 aliphatic carbocycles. The molecule has 19 heavy (non-hydrogen) atoms. The van der Waals surface area contributed by atoms with Crippen molar-refractivity contribution in [2.45, 2.75) is 6.92 Å². The minimum atomic E-state index is -0.474. The predicted octanol–water partition coefficient (Wildman–Crippen LogP) is 1.20. The second-order valence-corrected chi connectivity index (χ2v) is 4.23. The molecular formula is C13H11N5O. The summed E-state index contributed by atoms with van der Waals surface area (Å²) in [6.45, 7) is 1.85. The van der Waals surface area contributed by atoms with Crippen molar-refractivity contribution in [2.24, 2.45) is 5.73 Å². The fourth-order valence-corrected chi connectivity index (χ4v) is 2.04. The molecule has 3 rings (SSSR count). The number of rotatable bonds is 2. The lowest BCUT2D eigenvalue weighted by molar-refractivity contribution is 0.0999. The molecule has 6 nitrogen and oxygen atoms in total. The van der Waals surface area contributed by atoms with Gasteiger partial charge in [-0.2, -0.15) is 5.10 Å². The van der Waals surface area contributed by atoms with Crippen LogP contribution in [0, 0.1) is 6.92 Å². The third kappa shape index (κ3) is 1.83. The molecule has 6 heteroatoms. The number of carbonyl (C=O) groups excluding carboxylic acids is 1. The minimum absolute atomic E-state index is 0.432. The fourth-order valence-electron chi connectivity index (χ4n) is 2.04. The predicted molar refractivity (Wildman–Crippen MR) is 69.5 cm³/mol. The van der Waals surface area contributed by atoms with Crippen LogP contribution >= 0.6 is 0 Å². The number of hydrogen-bond donors (Lipinski definition) is 1. The molecule has 0 spiro atoms. The van der Waals surface area contributed by atoms with Crippen molar-refractivity contribution in [3.8, 4) is 11.1 Å². The van der Waals surface area contributed by atoms with Crippen LogP contribution in [0.15, 0.2) is 37.2 Å². The summed E-state index contributed by atoms with van der Waals surface area (Å²) >= 11 is 0. The van der Waals surface area contributed by atoms with E-state index in [1.165, 1.54) is 12.5 Å². The molecule has 0 saturated carbocycles. The summed E-state index contributed by atoms with van der Waals surface area (Å²) in [5.41, 5.74) is 9.24. The Morgan fingerprint density at radius 2 is 1.95 bits per heavy atom. The van der Waals surface area contributed by atoms with Crippen LogP contribution in [0.25, 0.3) is 16.6 Å². The smallest absolute Gasteiger partial charge is 0.250 e. The molecular weight excluding hydrogens is 242 g/mol. The van der Waals surface area contributed by atoms with Gasteiger partial charge in [-0.3, -0.25) is 4.79 Å². The largest absolute Gasteiger partial charge is 0.366 e. The summed E-state index contributed by atoms with van der Waals surface area (Å²) < 4.78 is 1.71. The van der Waals surface area contributed by atoms with Gasteiger partial charge in [0.25, 0.3) is 5.91 Å². The van der Waals surface area contributed by atoms with Gasteiger partial charge in [-0.15, -0.1) is 0 Å². The summed E-state index contributed by atoms with van der Waals surface area (Å²) in [4.78, 5) is 19.3. The number of nitrogens with two attached hydrogens (primary N) is 1. The first-order valence-electron chi connectivity index (χ1n) is 5.70. The molecule has 1 amide bonds. The molecule has 0 aliphatic heterocycles. The van der Waals surface area contributed by atoms with Gasteiger partial charge in [0.05, 0.1) is 17.3 Å². The van der Waals surface area contributed by atoms with Crippen molar-refractivity contribution in [3.05, 3.63) is 48.3 Å². The maximum absolute atomic E-state index is 11.3. The summed E-state index contributed by atoms with van der Waals surface area (Å²) in [7, 11) is 0. The Morgan fingerprint density at radius 3 is 2.63 bits per heavy atom. The van der Waals surface area contributed by atoms with E-state index in [9.17, 15) is 4.79 Å². The molecule has 0 atom stereocenters. The number of hydrogen-bond acceptors (Lipinski definition) is 4. The highest BCUT2D eigenvalue weighted by Crippen LogP contribution is 2.23. The maximum Gasteiger partial charge on any atom is 0.250 e. The quantitative estimate of drug-likeness (QED) is 0.743. The highest BCUT2D eigenvalue weighted by atomic mass is 16.1. The van der Waals surface area contributed by atoms with Gasteiger partial charge in [0.1, 0.15) is 6.33 Å². The van der Waals surface area contributed by atoms with E-state index in [4.69, 9.17) is 5.73 Å². The van der Waals surface area contributed by atoms with E-state index >= 15 is 0 Å². The van der Waals surface area contributed by atoms with Gasteiger partial charge >= 0.3 is 0 Å². The Labute approximate surface area is 108 Å². The van der Waals surface area contributed by atoms with E-state index in [1.807, 2.05) is 19.2 Å². The zero-order valence-electron chi connectivity index (χ0n) is 10.2.